The molecule has 29 heavy (non-hydrogen) atoms. The van der Waals surface area contributed by atoms with Crippen LogP contribution in [0.3, 0.4) is 0 Å². The van der Waals surface area contributed by atoms with Crippen molar-refractivity contribution in [2.45, 2.75) is 24.8 Å². The molecule has 3 rings (SSSR count). The van der Waals surface area contributed by atoms with Crippen LogP contribution < -0.4 is 19.5 Å². The molecular weight excluding hydrogens is 396 g/mol. The lowest BCUT2D eigenvalue weighted by atomic mass is 10.1. The largest absolute Gasteiger partial charge is 0.493 e. The molecule has 2 aromatic carbocycles. The Bertz CT molecular complexity index is 985. The number of fused-ring (bicyclic) bond motifs is 1. The third-order valence-corrected chi connectivity index (χ3v) is 6.65. The number of methoxy groups -OCH3 is 1. The van der Waals surface area contributed by atoms with Crippen molar-refractivity contribution in [2.24, 2.45) is 0 Å². The standard InChI is InChI=1S/C20H24N2O6S/c1-13(2)22(3)29(24,25)16-7-5-15(6-8-16)21-20(23)14-11-17(26-4)19-18(12-14)27-9-10-28-19/h5-8,11-13H,9-10H2,1-4H3,(H,21,23). The molecule has 2 aromatic rings. The van der Waals surface area contributed by atoms with E-state index in [4.69, 9.17) is 14.2 Å². The number of nitrogens with one attached hydrogen (secondary N) is 1. The van der Waals surface area contributed by atoms with Crippen LogP contribution in [-0.2, 0) is 10.0 Å². The molecule has 1 aliphatic heterocycles. The molecule has 8 nitrogen and oxygen atoms in total. The highest BCUT2D eigenvalue weighted by Gasteiger charge is 2.23. The monoisotopic (exact) mass is 420 g/mol. The normalized spacial score (nSPS) is 13.4. The van der Waals surface area contributed by atoms with E-state index in [1.807, 2.05) is 0 Å². The van der Waals surface area contributed by atoms with Gasteiger partial charge in [-0.2, -0.15) is 4.31 Å². The first-order valence-electron chi connectivity index (χ1n) is 9.11. The molecule has 1 aliphatic rings. The summed E-state index contributed by atoms with van der Waals surface area (Å²) in [6, 6.07) is 9.02. The van der Waals surface area contributed by atoms with E-state index < -0.39 is 10.0 Å². The number of hydrogen-bond donors (Lipinski definition) is 1. The van der Waals surface area contributed by atoms with Gasteiger partial charge in [0.05, 0.1) is 12.0 Å². The van der Waals surface area contributed by atoms with E-state index in [1.54, 1.807) is 38.1 Å². The second-order valence-electron chi connectivity index (χ2n) is 6.80. The third kappa shape index (κ3) is 4.30. The van der Waals surface area contributed by atoms with Crippen molar-refractivity contribution in [3.63, 3.8) is 0 Å². The van der Waals surface area contributed by atoms with Crippen molar-refractivity contribution in [2.75, 3.05) is 32.7 Å². The van der Waals surface area contributed by atoms with Crippen molar-refractivity contribution in [3.8, 4) is 17.2 Å². The second kappa shape index (κ2) is 8.30. The smallest absolute Gasteiger partial charge is 0.255 e. The van der Waals surface area contributed by atoms with Crippen LogP contribution in [0, 0.1) is 0 Å². The van der Waals surface area contributed by atoms with Gasteiger partial charge in [-0.1, -0.05) is 0 Å². The van der Waals surface area contributed by atoms with Gasteiger partial charge in [-0.3, -0.25) is 4.79 Å². The summed E-state index contributed by atoms with van der Waals surface area (Å²) < 4.78 is 42.7. The molecule has 0 unspecified atom stereocenters. The summed E-state index contributed by atoms with van der Waals surface area (Å²) in [6.07, 6.45) is 0. The van der Waals surface area contributed by atoms with E-state index in [1.165, 1.54) is 30.6 Å². The number of rotatable bonds is 6. The summed E-state index contributed by atoms with van der Waals surface area (Å²) in [5.74, 6) is 0.943. The van der Waals surface area contributed by atoms with Gasteiger partial charge in [0, 0.05) is 24.3 Å². The molecular formula is C20H24N2O6S. The fourth-order valence-electron chi connectivity index (χ4n) is 2.76. The predicted octanol–water partition coefficient (Wildman–Crippen LogP) is 2.75. The number of ether oxygens (including phenoxy) is 3. The van der Waals surface area contributed by atoms with Gasteiger partial charge in [0.15, 0.2) is 11.5 Å². The number of carbonyl (C=O) groups excluding carboxylic acids is 1. The van der Waals surface area contributed by atoms with Gasteiger partial charge >= 0.3 is 0 Å². The lowest BCUT2D eigenvalue weighted by Gasteiger charge is -2.21. The van der Waals surface area contributed by atoms with E-state index in [-0.39, 0.29) is 16.8 Å². The lowest BCUT2D eigenvalue weighted by molar-refractivity contribution is 0.102. The first kappa shape index (κ1) is 20.9. The van der Waals surface area contributed by atoms with Crippen LogP contribution >= 0.6 is 0 Å². The number of hydrogen-bond acceptors (Lipinski definition) is 6. The molecule has 0 aliphatic carbocycles. The van der Waals surface area contributed by atoms with Gasteiger partial charge in [0.2, 0.25) is 15.8 Å². The first-order valence-corrected chi connectivity index (χ1v) is 10.5. The zero-order valence-electron chi connectivity index (χ0n) is 16.8. The van der Waals surface area contributed by atoms with E-state index in [0.717, 1.165) is 0 Å². The Hall–Kier alpha value is -2.78. The van der Waals surface area contributed by atoms with Gasteiger partial charge < -0.3 is 19.5 Å². The van der Waals surface area contributed by atoms with Gasteiger partial charge in [-0.15, -0.1) is 0 Å². The van der Waals surface area contributed by atoms with E-state index >= 15 is 0 Å². The minimum absolute atomic E-state index is 0.160. The zero-order chi connectivity index (χ0) is 21.2. The number of carbonyl (C=O) groups is 1. The highest BCUT2D eigenvalue weighted by atomic mass is 32.2. The Morgan fingerprint density at radius 1 is 1.14 bits per heavy atom. The van der Waals surface area contributed by atoms with Crippen molar-refractivity contribution in [3.05, 3.63) is 42.0 Å². The average Bonchev–Trinajstić information content (AvgIpc) is 2.72. The zero-order valence-corrected chi connectivity index (χ0v) is 17.6. The maximum absolute atomic E-state index is 12.7. The van der Waals surface area contributed by atoms with Crippen LogP contribution in [0.4, 0.5) is 5.69 Å². The fourth-order valence-corrected chi connectivity index (χ4v) is 4.13. The number of sulfonamides is 1. The second-order valence-corrected chi connectivity index (χ2v) is 8.79. The van der Waals surface area contributed by atoms with Crippen molar-refractivity contribution in [1.82, 2.24) is 4.31 Å². The summed E-state index contributed by atoms with van der Waals surface area (Å²) in [5.41, 5.74) is 0.803. The van der Waals surface area contributed by atoms with Gasteiger partial charge in [-0.25, -0.2) is 8.42 Å². The van der Waals surface area contributed by atoms with Crippen molar-refractivity contribution < 1.29 is 27.4 Å². The van der Waals surface area contributed by atoms with Crippen LogP contribution in [0.15, 0.2) is 41.3 Å². The topological polar surface area (TPSA) is 94.2 Å². The summed E-state index contributed by atoms with van der Waals surface area (Å²) in [7, 11) is -0.560. The molecule has 1 N–H and O–H groups in total. The van der Waals surface area contributed by atoms with Crippen LogP contribution in [0.5, 0.6) is 17.2 Å². The Labute approximate surface area is 170 Å². The van der Waals surface area contributed by atoms with Crippen LogP contribution in [0.1, 0.15) is 24.2 Å². The van der Waals surface area contributed by atoms with Crippen molar-refractivity contribution >= 4 is 21.6 Å². The molecule has 9 heteroatoms. The fraction of sp³-hybridized carbons (Fsp3) is 0.350. The highest BCUT2D eigenvalue weighted by Crippen LogP contribution is 2.40. The maximum Gasteiger partial charge on any atom is 0.255 e. The van der Waals surface area contributed by atoms with E-state index in [9.17, 15) is 13.2 Å². The average molecular weight is 420 g/mol. The Balaban J connectivity index is 1.80. The highest BCUT2D eigenvalue weighted by molar-refractivity contribution is 7.89. The first-order chi connectivity index (χ1) is 13.7. The molecule has 1 heterocycles. The summed E-state index contributed by atoms with van der Waals surface area (Å²) in [5, 5.41) is 2.75. The molecule has 0 atom stereocenters. The number of anilines is 1. The Kier molecular flexibility index (Phi) is 5.99. The van der Waals surface area contributed by atoms with Crippen LogP contribution in [-0.4, -0.2) is 52.0 Å². The third-order valence-electron chi connectivity index (χ3n) is 4.61. The van der Waals surface area contributed by atoms with Crippen LogP contribution in [0.2, 0.25) is 0 Å². The molecule has 156 valence electrons. The van der Waals surface area contributed by atoms with Gasteiger partial charge in [0.1, 0.15) is 13.2 Å². The minimum atomic E-state index is -3.58. The molecule has 0 aromatic heterocycles. The molecule has 0 spiro atoms. The summed E-state index contributed by atoms with van der Waals surface area (Å²) >= 11 is 0. The molecule has 0 fully saturated rings. The minimum Gasteiger partial charge on any atom is -0.493 e. The maximum atomic E-state index is 12.7. The summed E-state index contributed by atoms with van der Waals surface area (Å²) in [6.45, 7) is 4.40. The predicted molar refractivity (Wildman–Crippen MR) is 108 cm³/mol. The van der Waals surface area contributed by atoms with E-state index in [2.05, 4.69) is 5.32 Å². The molecule has 0 saturated carbocycles. The number of nitrogens with zero attached hydrogens (tertiary/aromatic N) is 1. The number of amides is 1. The van der Waals surface area contributed by atoms with E-state index in [0.29, 0.717) is 41.7 Å². The quantitative estimate of drug-likeness (QED) is 0.772. The number of benzene rings is 2. The van der Waals surface area contributed by atoms with Gasteiger partial charge in [-0.05, 0) is 50.2 Å². The van der Waals surface area contributed by atoms with Crippen LogP contribution in [0.25, 0.3) is 0 Å². The van der Waals surface area contributed by atoms with Gasteiger partial charge in [0.25, 0.3) is 5.91 Å². The molecule has 1 amide bonds. The molecule has 0 radical (unpaired) electrons. The Morgan fingerprint density at radius 3 is 2.41 bits per heavy atom. The Morgan fingerprint density at radius 2 is 1.79 bits per heavy atom. The summed E-state index contributed by atoms with van der Waals surface area (Å²) in [4.78, 5) is 12.8. The van der Waals surface area contributed by atoms with Crippen molar-refractivity contribution in [1.29, 1.82) is 0 Å². The molecule has 0 bridgehead atoms. The SMILES string of the molecule is COc1cc(C(=O)Nc2ccc(S(=O)(=O)N(C)C(C)C)cc2)cc2c1OCCO2. The molecule has 0 saturated heterocycles. The lowest BCUT2D eigenvalue weighted by Crippen LogP contribution is -2.33.